The van der Waals surface area contributed by atoms with Crippen molar-refractivity contribution in [1.29, 1.82) is 0 Å². The zero-order chi connectivity index (χ0) is 19.0. The Morgan fingerprint density at radius 2 is 1.74 bits per heavy atom. The number of para-hydroxylation sites is 1. The second-order valence-corrected chi connectivity index (χ2v) is 6.80. The van der Waals surface area contributed by atoms with E-state index in [1.807, 2.05) is 31.2 Å². The highest BCUT2D eigenvalue weighted by Gasteiger charge is 2.35. The molecule has 0 aliphatic carbocycles. The van der Waals surface area contributed by atoms with Crippen LogP contribution in [0.5, 0.6) is 0 Å². The number of anilines is 1. The van der Waals surface area contributed by atoms with E-state index in [0.717, 1.165) is 54.3 Å². The first-order valence-electron chi connectivity index (χ1n) is 9.05. The summed E-state index contributed by atoms with van der Waals surface area (Å²) in [6.45, 7) is 2.72. The smallest absolute Gasteiger partial charge is 0.370 e. The molecule has 1 N–H and O–H groups in total. The zero-order valence-electron chi connectivity index (χ0n) is 15.0. The Hall–Kier alpha value is -2.76. The lowest BCUT2D eigenvalue weighted by Gasteiger charge is -2.15. The summed E-state index contributed by atoms with van der Waals surface area (Å²) in [5, 5.41) is 7.98. The fraction of sp³-hybridized carbons (Fsp3) is 0.286. The van der Waals surface area contributed by atoms with Gasteiger partial charge in [-0.1, -0.05) is 36.4 Å². The van der Waals surface area contributed by atoms with Crippen molar-refractivity contribution >= 4 is 5.82 Å². The number of aromatic nitrogens is 2. The molecule has 0 radical (unpaired) electrons. The molecule has 2 aromatic carbocycles. The van der Waals surface area contributed by atoms with E-state index in [9.17, 15) is 13.2 Å². The van der Waals surface area contributed by atoms with Crippen molar-refractivity contribution in [3.8, 4) is 16.9 Å². The van der Waals surface area contributed by atoms with Crippen LogP contribution < -0.4 is 5.32 Å². The predicted octanol–water partition coefficient (Wildman–Crippen LogP) is 5.61. The van der Waals surface area contributed by atoms with Crippen molar-refractivity contribution in [2.45, 2.75) is 32.4 Å². The van der Waals surface area contributed by atoms with Crippen molar-refractivity contribution in [2.24, 2.45) is 0 Å². The summed E-state index contributed by atoms with van der Waals surface area (Å²) in [6.07, 6.45) is -1.70. The number of halogens is 3. The number of hydrogen-bond donors (Lipinski definition) is 1. The first kappa shape index (κ1) is 17.6. The Kier molecular flexibility index (Phi) is 4.42. The van der Waals surface area contributed by atoms with E-state index in [2.05, 4.69) is 10.4 Å². The summed E-state index contributed by atoms with van der Waals surface area (Å²) >= 11 is 0. The summed E-state index contributed by atoms with van der Waals surface area (Å²) in [6, 6.07) is 13.5. The highest BCUT2D eigenvalue weighted by molar-refractivity contribution is 5.73. The van der Waals surface area contributed by atoms with Crippen LogP contribution in [0.1, 0.15) is 29.5 Å². The van der Waals surface area contributed by atoms with E-state index >= 15 is 0 Å². The summed E-state index contributed by atoms with van der Waals surface area (Å²) in [4.78, 5) is 0. The minimum Gasteiger partial charge on any atom is -0.370 e. The van der Waals surface area contributed by atoms with Gasteiger partial charge in [-0.3, -0.25) is 0 Å². The normalized spacial score (nSPS) is 14.4. The number of rotatable bonds is 2. The molecule has 4 rings (SSSR count). The Balaban J connectivity index is 1.98. The molecule has 27 heavy (non-hydrogen) atoms. The molecule has 0 bridgehead atoms. The molecule has 0 saturated heterocycles. The fourth-order valence-electron chi connectivity index (χ4n) is 3.63. The maximum Gasteiger partial charge on any atom is 0.418 e. The highest BCUT2D eigenvalue weighted by atomic mass is 19.4. The van der Waals surface area contributed by atoms with Gasteiger partial charge in [0.25, 0.3) is 0 Å². The topological polar surface area (TPSA) is 29.9 Å². The summed E-state index contributed by atoms with van der Waals surface area (Å²) in [5.41, 5.74) is 3.13. The number of benzene rings is 2. The summed E-state index contributed by atoms with van der Waals surface area (Å²) in [7, 11) is 0. The second kappa shape index (κ2) is 6.76. The van der Waals surface area contributed by atoms with Gasteiger partial charge in [0.2, 0.25) is 0 Å². The molecule has 0 unspecified atom stereocenters. The summed E-state index contributed by atoms with van der Waals surface area (Å²) in [5.74, 6) is 0.669. The van der Waals surface area contributed by atoms with E-state index in [0.29, 0.717) is 5.82 Å². The number of alkyl halides is 3. The van der Waals surface area contributed by atoms with Crippen LogP contribution in [0.2, 0.25) is 0 Å². The van der Waals surface area contributed by atoms with Gasteiger partial charge in [-0.05, 0) is 43.9 Å². The van der Waals surface area contributed by atoms with Crippen LogP contribution in [-0.4, -0.2) is 16.3 Å². The van der Waals surface area contributed by atoms with Crippen molar-refractivity contribution in [3.05, 3.63) is 65.2 Å². The van der Waals surface area contributed by atoms with Gasteiger partial charge in [0, 0.05) is 17.7 Å². The molecule has 0 saturated carbocycles. The van der Waals surface area contributed by atoms with Crippen molar-refractivity contribution in [1.82, 2.24) is 9.78 Å². The fourth-order valence-corrected chi connectivity index (χ4v) is 3.63. The SMILES string of the molecule is Cc1ccccc1-c1nn(-c2ccccc2C(F)(F)F)c2c1CCCCN2. The molecule has 1 aromatic heterocycles. The largest absolute Gasteiger partial charge is 0.418 e. The molecule has 0 spiro atoms. The minimum atomic E-state index is -4.44. The molecule has 0 fully saturated rings. The predicted molar refractivity (Wildman–Crippen MR) is 100 cm³/mol. The van der Waals surface area contributed by atoms with Crippen molar-refractivity contribution in [3.63, 3.8) is 0 Å². The third-order valence-electron chi connectivity index (χ3n) is 4.97. The lowest BCUT2D eigenvalue weighted by atomic mass is 10.00. The number of nitrogens with one attached hydrogen (secondary N) is 1. The van der Waals surface area contributed by atoms with Crippen molar-refractivity contribution < 1.29 is 13.2 Å². The Labute approximate surface area is 155 Å². The zero-order valence-corrected chi connectivity index (χ0v) is 15.0. The van der Waals surface area contributed by atoms with Crippen LogP contribution in [0.3, 0.4) is 0 Å². The molecular formula is C21H20F3N3. The van der Waals surface area contributed by atoms with Gasteiger partial charge in [-0.25, -0.2) is 4.68 Å². The maximum absolute atomic E-state index is 13.6. The lowest BCUT2D eigenvalue weighted by Crippen LogP contribution is -2.14. The molecule has 3 nitrogen and oxygen atoms in total. The number of fused-ring (bicyclic) bond motifs is 1. The Morgan fingerprint density at radius 1 is 1.00 bits per heavy atom. The second-order valence-electron chi connectivity index (χ2n) is 6.80. The molecule has 1 aliphatic rings. The number of nitrogens with zero attached hydrogens (tertiary/aromatic N) is 2. The molecule has 140 valence electrons. The van der Waals surface area contributed by atoms with Gasteiger partial charge in [0.05, 0.1) is 16.9 Å². The molecule has 2 heterocycles. The van der Waals surface area contributed by atoms with E-state index in [1.54, 1.807) is 6.07 Å². The molecule has 0 amide bonds. The van der Waals surface area contributed by atoms with Gasteiger partial charge < -0.3 is 5.32 Å². The average molecular weight is 371 g/mol. The van der Waals surface area contributed by atoms with Gasteiger partial charge in [0.15, 0.2) is 0 Å². The Morgan fingerprint density at radius 3 is 2.52 bits per heavy atom. The van der Waals surface area contributed by atoms with Gasteiger partial charge in [-0.15, -0.1) is 0 Å². The average Bonchev–Trinajstić information content (AvgIpc) is 2.83. The highest BCUT2D eigenvalue weighted by Crippen LogP contribution is 2.39. The lowest BCUT2D eigenvalue weighted by molar-refractivity contribution is -0.137. The quantitative estimate of drug-likeness (QED) is 0.634. The monoisotopic (exact) mass is 371 g/mol. The van der Waals surface area contributed by atoms with Crippen LogP contribution in [0.4, 0.5) is 19.0 Å². The van der Waals surface area contributed by atoms with Crippen LogP contribution in [0, 0.1) is 6.92 Å². The maximum atomic E-state index is 13.6. The van der Waals surface area contributed by atoms with Gasteiger partial charge >= 0.3 is 6.18 Å². The number of aryl methyl sites for hydroxylation is 1. The standard InChI is InChI=1S/C21H20F3N3/c1-14-8-2-3-9-15(14)19-16-10-6-7-13-25-20(16)27(26-19)18-12-5-4-11-17(18)21(22,23)24/h2-5,8-9,11-12,25H,6-7,10,13H2,1H3. The molecule has 3 aromatic rings. The molecule has 6 heteroatoms. The van der Waals surface area contributed by atoms with Crippen LogP contribution in [-0.2, 0) is 12.6 Å². The first-order valence-corrected chi connectivity index (χ1v) is 9.05. The van der Waals surface area contributed by atoms with Crippen LogP contribution >= 0.6 is 0 Å². The third-order valence-corrected chi connectivity index (χ3v) is 4.97. The van der Waals surface area contributed by atoms with E-state index in [1.165, 1.54) is 16.8 Å². The molecule has 1 aliphatic heterocycles. The third kappa shape index (κ3) is 3.20. The molecule has 0 atom stereocenters. The van der Waals surface area contributed by atoms with E-state index < -0.39 is 11.7 Å². The molecular weight excluding hydrogens is 351 g/mol. The minimum absolute atomic E-state index is 0.0514. The first-order chi connectivity index (χ1) is 13.0. The van der Waals surface area contributed by atoms with E-state index in [4.69, 9.17) is 0 Å². The Bertz CT molecular complexity index is 973. The van der Waals surface area contributed by atoms with Crippen LogP contribution in [0.25, 0.3) is 16.9 Å². The van der Waals surface area contributed by atoms with Gasteiger partial charge in [-0.2, -0.15) is 18.3 Å². The van der Waals surface area contributed by atoms with Crippen molar-refractivity contribution in [2.75, 3.05) is 11.9 Å². The van der Waals surface area contributed by atoms with Gasteiger partial charge in [0.1, 0.15) is 5.82 Å². The van der Waals surface area contributed by atoms with E-state index in [-0.39, 0.29) is 5.69 Å². The van der Waals surface area contributed by atoms with Crippen LogP contribution in [0.15, 0.2) is 48.5 Å². The summed E-state index contributed by atoms with van der Waals surface area (Å²) < 4.78 is 42.2. The number of hydrogen-bond acceptors (Lipinski definition) is 2.